The number of rotatable bonds is 6. The zero-order chi connectivity index (χ0) is 23.8. The molecule has 172 valence electrons. The fraction of sp³-hybridized carbons (Fsp3) is 0.381. The molecule has 0 saturated heterocycles. The molecular weight excluding hydrogens is 440 g/mol. The SMILES string of the molecule is CC(C)C(=O)Nc1cc(-c2ccc(C(F)(F)C(F)(F)F)c(F)c2)cc(NC(=O)C2CC2)n1. The molecule has 0 aliphatic heterocycles. The minimum Gasteiger partial charge on any atom is -0.310 e. The van der Waals surface area contributed by atoms with E-state index in [9.17, 15) is 35.9 Å². The molecule has 3 rings (SSSR count). The van der Waals surface area contributed by atoms with E-state index in [4.69, 9.17) is 0 Å². The Labute approximate surface area is 179 Å². The van der Waals surface area contributed by atoms with Gasteiger partial charge in [0.25, 0.3) is 0 Å². The number of carbonyl (C=O) groups is 2. The van der Waals surface area contributed by atoms with Crippen LogP contribution in [0.2, 0.25) is 0 Å². The van der Waals surface area contributed by atoms with Crippen LogP contribution < -0.4 is 10.6 Å². The third kappa shape index (κ3) is 5.03. The lowest BCUT2D eigenvalue weighted by Gasteiger charge is -2.20. The molecule has 0 bridgehead atoms. The molecule has 1 aliphatic rings. The number of carbonyl (C=O) groups excluding carboxylic acids is 2. The second-order valence-electron chi connectivity index (χ2n) is 7.80. The van der Waals surface area contributed by atoms with Crippen LogP contribution in [0.15, 0.2) is 30.3 Å². The Hall–Kier alpha value is -3.11. The average molecular weight is 459 g/mol. The predicted octanol–water partition coefficient (Wildman–Crippen LogP) is 5.48. The zero-order valence-corrected chi connectivity index (χ0v) is 17.0. The number of benzene rings is 1. The summed E-state index contributed by atoms with van der Waals surface area (Å²) in [4.78, 5) is 28.2. The van der Waals surface area contributed by atoms with Crippen LogP contribution in [-0.2, 0) is 15.5 Å². The molecule has 2 amide bonds. The maximum absolute atomic E-state index is 14.3. The first kappa shape index (κ1) is 23.6. The molecule has 32 heavy (non-hydrogen) atoms. The predicted molar refractivity (Wildman–Crippen MR) is 104 cm³/mol. The molecule has 2 aromatic rings. The monoisotopic (exact) mass is 459 g/mol. The second-order valence-corrected chi connectivity index (χ2v) is 7.80. The molecule has 0 unspecified atom stereocenters. The van der Waals surface area contributed by atoms with Gasteiger partial charge in [0.05, 0.1) is 5.56 Å². The van der Waals surface area contributed by atoms with E-state index in [2.05, 4.69) is 15.6 Å². The number of pyridine rings is 1. The zero-order valence-electron chi connectivity index (χ0n) is 17.0. The normalized spacial score (nSPS) is 14.4. The van der Waals surface area contributed by atoms with Crippen molar-refractivity contribution in [1.29, 1.82) is 0 Å². The van der Waals surface area contributed by atoms with Crippen molar-refractivity contribution in [1.82, 2.24) is 4.98 Å². The first-order chi connectivity index (χ1) is 14.8. The van der Waals surface area contributed by atoms with Gasteiger partial charge in [-0.05, 0) is 48.2 Å². The summed E-state index contributed by atoms with van der Waals surface area (Å²) >= 11 is 0. The Morgan fingerprint density at radius 3 is 2.06 bits per heavy atom. The molecule has 0 spiro atoms. The number of nitrogens with zero attached hydrogens (tertiary/aromatic N) is 1. The minimum atomic E-state index is -5.96. The molecule has 1 aromatic heterocycles. The lowest BCUT2D eigenvalue weighted by atomic mass is 10.0. The number of aromatic nitrogens is 1. The molecule has 2 N–H and O–H groups in total. The van der Waals surface area contributed by atoms with Crippen LogP contribution in [0.4, 0.5) is 38.0 Å². The summed E-state index contributed by atoms with van der Waals surface area (Å²) in [7, 11) is 0. The smallest absolute Gasteiger partial charge is 0.310 e. The Kier molecular flexibility index (Phi) is 6.21. The van der Waals surface area contributed by atoms with Crippen molar-refractivity contribution in [3.05, 3.63) is 41.7 Å². The number of hydrogen-bond donors (Lipinski definition) is 2. The number of alkyl halides is 5. The molecule has 11 heteroatoms. The molecule has 1 heterocycles. The van der Waals surface area contributed by atoms with Crippen molar-refractivity contribution in [2.24, 2.45) is 11.8 Å². The van der Waals surface area contributed by atoms with E-state index >= 15 is 0 Å². The Morgan fingerprint density at radius 1 is 0.969 bits per heavy atom. The van der Waals surface area contributed by atoms with Crippen molar-refractivity contribution in [2.75, 3.05) is 10.6 Å². The van der Waals surface area contributed by atoms with Crippen LogP contribution in [0.25, 0.3) is 11.1 Å². The van der Waals surface area contributed by atoms with E-state index < -0.39 is 35.3 Å². The van der Waals surface area contributed by atoms with Gasteiger partial charge in [-0.2, -0.15) is 22.0 Å². The van der Waals surface area contributed by atoms with Gasteiger partial charge in [0, 0.05) is 11.8 Å². The number of amides is 2. The van der Waals surface area contributed by atoms with Gasteiger partial charge in [0.2, 0.25) is 11.8 Å². The average Bonchev–Trinajstić information content (AvgIpc) is 3.51. The number of anilines is 2. The highest BCUT2D eigenvalue weighted by atomic mass is 19.4. The third-order valence-corrected chi connectivity index (χ3v) is 4.80. The summed E-state index contributed by atoms with van der Waals surface area (Å²) in [5, 5.41) is 5.08. The molecule has 5 nitrogen and oxygen atoms in total. The molecule has 1 aromatic carbocycles. The Bertz CT molecular complexity index is 1010. The lowest BCUT2D eigenvalue weighted by Crippen LogP contribution is -2.34. The maximum atomic E-state index is 14.3. The van der Waals surface area contributed by atoms with Crippen molar-refractivity contribution >= 4 is 23.5 Å². The van der Waals surface area contributed by atoms with Gasteiger partial charge in [-0.25, -0.2) is 9.37 Å². The molecular formula is C21H19F6N3O2. The van der Waals surface area contributed by atoms with Gasteiger partial charge in [-0.15, -0.1) is 0 Å². The molecule has 1 aliphatic carbocycles. The number of nitrogens with one attached hydrogen (secondary N) is 2. The van der Waals surface area contributed by atoms with E-state index in [1.165, 1.54) is 12.1 Å². The van der Waals surface area contributed by atoms with Crippen LogP contribution in [-0.4, -0.2) is 23.0 Å². The standard InChI is InChI=1S/C21H19F6N3O2/c1-10(2)18(31)29-16-8-13(9-17(28-16)30-19(32)11-3-4-11)12-5-6-14(15(22)7-12)20(23,24)21(25,26)27/h5-11H,3-4H2,1-2H3,(H2,28,29,30,31,32). The fourth-order valence-electron chi connectivity index (χ4n) is 2.77. The van der Waals surface area contributed by atoms with E-state index in [0.717, 1.165) is 6.07 Å². The minimum absolute atomic E-state index is 0.00240. The van der Waals surface area contributed by atoms with Crippen molar-refractivity contribution in [3.8, 4) is 11.1 Å². The number of hydrogen-bond acceptors (Lipinski definition) is 3. The fourth-order valence-corrected chi connectivity index (χ4v) is 2.77. The van der Waals surface area contributed by atoms with Gasteiger partial charge in [0.15, 0.2) is 0 Å². The van der Waals surface area contributed by atoms with Crippen LogP contribution in [0.1, 0.15) is 32.3 Å². The third-order valence-electron chi connectivity index (χ3n) is 4.80. The highest BCUT2D eigenvalue weighted by Gasteiger charge is 2.59. The molecule has 1 fully saturated rings. The summed E-state index contributed by atoms with van der Waals surface area (Å²) < 4.78 is 79.2. The largest absolute Gasteiger partial charge is 0.458 e. The summed E-state index contributed by atoms with van der Waals surface area (Å²) in [5.74, 6) is -8.39. The second kappa shape index (κ2) is 8.44. The van der Waals surface area contributed by atoms with E-state index in [1.807, 2.05) is 0 Å². The topological polar surface area (TPSA) is 71.1 Å². The van der Waals surface area contributed by atoms with Crippen molar-refractivity contribution < 1.29 is 35.9 Å². The summed E-state index contributed by atoms with van der Waals surface area (Å²) in [6.07, 6.45) is -4.54. The summed E-state index contributed by atoms with van der Waals surface area (Å²) in [6, 6.07) is 4.39. The van der Waals surface area contributed by atoms with Gasteiger partial charge >= 0.3 is 12.1 Å². The highest BCUT2D eigenvalue weighted by molar-refractivity contribution is 5.95. The van der Waals surface area contributed by atoms with Crippen LogP contribution in [0.3, 0.4) is 0 Å². The Morgan fingerprint density at radius 2 is 1.56 bits per heavy atom. The van der Waals surface area contributed by atoms with Crippen molar-refractivity contribution in [2.45, 2.75) is 38.8 Å². The Balaban J connectivity index is 2.00. The summed E-state index contributed by atoms with van der Waals surface area (Å²) in [5.41, 5.74) is -1.71. The van der Waals surface area contributed by atoms with Crippen LogP contribution >= 0.6 is 0 Å². The van der Waals surface area contributed by atoms with Crippen LogP contribution in [0.5, 0.6) is 0 Å². The van der Waals surface area contributed by atoms with Gasteiger partial charge < -0.3 is 10.6 Å². The quantitative estimate of drug-likeness (QED) is 0.562. The molecule has 1 saturated carbocycles. The van der Waals surface area contributed by atoms with Gasteiger partial charge in [0.1, 0.15) is 17.5 Å². The maximum Gasteiger partial charge on any atom is 0.458 e. The lowest BCUT2D eigenvalue weighted by molar-refractivity contribution is -0.290. The van der Waals surface area contributed by atoms with Gasteiger partial charge in [-0.3, -0.25) is 9.59 Å². The van der Waals surface area contributed by atoms with E-state index in [0.29, 0.717) is 25.0 Å². The number of halogens is 6. The van der Waals surface area contributed by atoms with Gasteiger partial charge in [-0.1, -0.05) is 19.9 Å². The highest BCUT2D eigenvalue weighted by Crippen LogP contribution is 2.45. The summed E-state index contributed by atoms with van der Waals surface area (Å²) in [6.45, 7) is 3.26. The van der Waals surface area contributed by atoms with Crippen molar-refractivity contribution in [3.63, 3.8) is 0 Å². The van der Waals surface area contributed by atoms with Crippen LogP contribution in [0, 0.1) is 17.7 Å². The first-order valence-corrected chi connectivity index (χ1v) is 9.68. The first-order valence-electron chi connectivity index (χ1n) is 9.68. The van der Waals surface area contributed by atoms with E-state index in [-0.39, 0.29) is 34.6 Å². The van der Waals surface area contributed by atoms with E-state index in [1.54, 1.807) is 13.8 Å². The molecule has 0 atom stereocenters. The molecule has 0 radical (unpaired) electrons.